The van der Waals surface area contributed by atoms with Gasteiger partial charge in [0.1, 0.15) is 0 Å². The van der Waals surface area contributed by atoms with Crippen LogP contribution in [0.1, 0.15) is 161 Å². The van der Waals surface area contributed by atoms with Crippen LogP contribution in [0.3, 0.4) is 0 Å². The van der Waals surface area contributed by atoms with Crippen molar-refractivity contribution in [3.8, 4) is 0 Å². The fourth-order valence-electron chi connectivity index (χ4n) is 24.1. The maximum Gasteiger partial charge on any atom is 0.304 e. The van der Waals surface area contributed by atoms with Crippen molar-refractivity contribution in [2.75, 3.05) is 92.0 Å². The van der Waals surface area contributed by atoms with Gasteiger partial charge in [0, 0.05) is 40.3 Å². The van der Waals surface area contributed by atoms with Gasteiger partial charge in [0.05, 0.1) is 143 Å². The van der Waals surface area contributed by atoms with E-state index in [0.717, 1.165) is 12.2 Å². The Kier molecular flexibility index (Phi) is 45.2. The minimum atomic E-state index is -1.51. The molecule has 0 unspecified atom stereocenters. The molecule has 0 saturated heterocycles. The number of thioether (sulfide) groups is 8. The Morgan fingerprint density at radius 2 is 0.294 bits per heavy atom. The van der Waals surface area contributed by atoms with Crippen molar-refractivity contribution < 1.29 is 151 Å². The molecule has 126 heavy (non-hydrogen) atoms. The molecule has 23 N–H and O–H groups in total. The molecule has 30 nitrogen and oxygen atoms in total. The minimum absolute atomic E-state index is 0.0342. The van der Waals surface area contributed by atoms with Crippen molar-refractivity contribution in [3.05, 3.63) is 0 Å². The Hall–Kier alpha value is -1.55. The van der Waals surface area contributed by atoms with Crippen molar-refractivity contribution >= 4 is 136 Å². The predicted molar refractivity (Wildman–Crippen MR) is 488 cm³/mol. The highest BCUT2D eigenvalue weighted by molar-refractivity contribution is 8.00. The van der Waals surface area contributed by atoms with Crippen molar-refractivity contribution in [2.24, 2.45) is 142 Å². The largest absolute Gasteiger partial charge is 0.481 e. The highest BCUT2D eigenvalue weighted by atomic mass is 32.2. The molecular weight excluding hydrogens is 1790 g/mol. The first-order chi connectivity index (χ1) is 59.9. The van der Waals surface area contributed by atoms with Crippen LogP contribution in [0, 0.1) is 142 Å². The second-order valence-corrected chi connectivity index (χ2v) is 47.9. The number of carbonyl (C=O) groups is 7. The first-order valence-electron chi connectivity index (χ1n) is 45.9. The van der Waals surface area contributed by atoms with Crippen molar-refractivity contribution in [2.45, 2.75) is 259 Å². The lowest BCUT2D eigenvalue weighted by Crippen LogP contribution is -2.56. The summed E-state index contributed by atoms with van der Waals surface area (Å²) >= 11 is 11.0. The maximum atomic E-state index is 12.8. The van der Waals surface area contributed by atoms with Gasteiger partial charge in [0.15, 0.2) is 0 Å². The number of carboxylic acids is 7. The fourth-order valence-corrected chi connectivity index (χ4v) is 33.5. The summed E-state index contributed by atoms with van der Waals surface area (Å²) in [5.74, 6) is -18.3. The average molecular weight is 1940 g/mol. The lowest BCUT2D eigenvalue weighted by Gasteiger charge is -2.52. The highest BCUT2D eigenvalue weighted by Crippen LogP contribution is 2.57. The van der Waals surface area contributed by atoms with Gasteiger partial charge in [-0.25, -0.2) is 0 Å². The molecule has 30 aliphatic carbocycles. The summed E-state index contributed by atoms with van der Waals surface area (Å²) in [7, 11) is 0. The Labute approximate surface area is 774 Å². The van der Waals surface area contributed by atoms with E-state index in [2.05, 4.69) is 0 Å². The first-order valence-corrected chi connectivity index (χ1v) is 55.2. The molecule has 726 valence electrons. The summed E-state index contributed by atoms with van der Waals surface area (Å²) in [6, 6.07) is 0. The van der Waals surface area contributed by atoms with Crippen LogP contribution >= 0.6 is 94.1 Å². The van der Waals surface area contributed by atoms with E-state index in [1.54, 1.807) is 11.8 Å². The molecule has 30 rings (SSSR count). The maximum absolute atomic E-state index is 12.8. The molecule has 30 aliphatic rings. The van der Waals surface area contributed by atoms with E-state index in [-0.39, 0.29) is 216 Å². The van der Waals surface area contributed by atoms with E-state index in [0.29, 0.717) is 23.7 Å². The molecule has 0 aromatic carbocycles. The highest BCUT2D eigenvalue weighted by Gasteiger charge is 2.58. The molecule has 0 spiro atoms. The van der Waals surface area contributed by atoms with Gasteiger partial charge < -0.3 is 117 Å². The smallest absolute Gasteiger partial charge is 0.304 e. The predicted octanol–water partition coefficient (Wildman–Crippen LogP) is 5.51. The zero-order valence-corrected chi connectivity index (χ0v) is 78.8. The summed E-state index contributed by atoms with van der Waals surface area (Å²) in [4.78, 5) is 83.7. The molecule has 16 bridgehead atoms. The third-order valence-electron chi connectivity index (χ3n) is 30.7. The van der Waals surface area contributed by atoms with Gasteiger partial charge >= 0.3 is 41.8 Å². The van der Waals surface area contributed by atoms with Crippen LogP contribution < -0.4 is 0 Å². The van der Waals surface area contributed by atoms with Crippen LogP contribution in [0.4, 0.5) is 0 Å². The normalized spacial score (nSPS) is 42.0. The number of aliphatic hydroxyl groups is 16. The lowest BCUT2D eigenvalue weighted by atomic mass is 9.58. The van der Waals surface area contributed by atoms with E-state index < -0.39 is 276 Å². The minimum Gasteiger partial charge on any atom is -0.481 e. The molecule has 38 heteroatoms. The van der Waals surface area contributed by atoms with Gasteiger partial charge in [-0.2, -0.15) is 94.1 Å². The van der Waals surface area contributed by atoms with E-state index in [1.807, 2.05) is 6.92 Å². The van der Waals surface area contributed by atoms with Gasteiger partial charge in [-0.3, -0.25) is 33.6 Å². The molecule has 0 aliphatic heterocycles. The number of hydrogen-bond acceptors (Lipinski definition) is 31. The summed E-state index contributed by atoms with van der Waals surface area (Å²) < 4.78 is 0. The van der Waals surface area contributed by atoms with E-state index >= 15 is 0 Å². The lowest BCUT2D eigenvalue weighted by molar-refractivity contribution is -0.159. The standard InChI is InChI=1S/C88H146O30S8/c1-2-10-119-34-50-18-42-27-59-52(36-121-12-4-67(91)92)20-44(75(105)82(59)112)29-61-54(38-123-14-6-69(95)96)22-46(77(107)84(61)114)31-63-56(40-125-16-8-71(99)100)24-48(79(109)86(63)116)33-65-57(41-126-17-9-72(101)102)25-49(80(110)88(65)118)32-64-55(39-124-15-7-70(97)98)23-47(78(108)87(64)117)30-62-53(37-122-13-5-68(93)94)21-45(76(106)85(62)115)28-60-51(35-120-11-3-66(89)90)19-43(74(104)83(60)113)26-58(50)81(111)73(42)103/h42-65,73-88,103-118H,2-41H2,1H3,(H,89,90)(H,91,92)(H,93,94)(H,95,96)(H,97,98)(H,99,100)(H,101,102)/t42-,43-,44-,45-,46-,47-,48-,49-,50-,51-,52-,53-,54-,55-,56-,57-,58-,59-,60-,61-,62-,63-,64-,65-,73+,74+,75+,76+,77+,78+,79+,80+,81+,82+,83+,84+,85+,86+,87+,88+/m1/s1. The molecule has 0 amide bonds. The van der Waals surface area contributed by atoms with E-state index in [9.17, 15) is 151 Å². The van der Waals surface area contributed by atoms with Crippen LogP contribution in [0.2, 0.25) is 0 Å². The number of carboxylic acid groups (broad SMARTS) is 7. The Morgan fingerprint density at radius 1 is 0.183 bits per heavy atom. The summed E-state index contributed by atoms with van der Waals surface area (Å²) in [6.07, 6.45) is -21.6. The molecular formula is C88H146O30S8. The summed E-state index contributed by atoms with van der Waals surface area (Å²) in [5, 5.41) is 272. The van der Waals surface area contributed by atoms with Crippen LogP contribution in [-0.4, -0.2) is 349 Å². The van der Waals surface area contributed by atoms with E-state index in [4.69, 9.17) is 0 Å². The molecule has 0 aromatic rings. The quantitative estimate of drug-likeness (QED) is 0.0337. The SMILES string of the molecule is CCCSC[C@H]1C[C@@H]2C[C@@H]3[C@@H](CSCCC(=O)O)C[C@H](C[C@@H]4[C@@H](CSCCC(=O)O)C[C@H](C[C@@H]5[C@@H](CSCCC(=O)O)C[C@H](C[C@@H]6[C@@H](CSCCC(=O)O)C[C@H](C[C@@H]7[C@@H](CSCCC(=O)O)C[C@H](C[C@@H]8[C@@H](CSCCC(=O)O)C[C@H](C[C@@H]9[C@@H](CSCCC(=O)O)C[C@H](C[C@H]1[C@H](O)[C@H]2O)[C@H](O)[C@H]9O)[C@H](O)[C@H]8O)[C@H](O)[C@H]7O)[C@H](O)[C@H]6O)[C@H](O)[C@H]5O)[C@H](O)[C@H]4O)[C@H](O)[C@H]3O. The zero-order chi connectivity index (χ0) is 92.1. The molecule has 0 radical (unpaired) electrons. The fraction of sp³-hybridized carbons (Fsp3) is 0.920. The van der Waals surface area contributed by atoms with Gasteiger partial charge in [0.2, 0.25) is 0 Å². The van der Waals surface area contributed by atoms with Gasteiger partial charge in [-0.05, 0) is 303 Å². The second-order valence-electron chi connectivity index (χ2n) is 38.7. The van der Waals surface area contributed by atoms with Crippen LogP contribution in [-0.2, 0) is 33.6 Å². The molecule has 40 atom stereocenters. The van der Waals surface area contributed by atoms with Crippen molar-refractivity contribution in [1.82, 2.24) is 0 Å². The Morgan fingerprint density at radius 3 is 0.397 bits per heavy atom. The monoisotopic (exact) mass is 1940 g/mol. The van der Waals surface area contributed by atoms with Gasteiger partial charge in [0.25, 0.3) is 0 Å². The number of rotatable bonds is 39. The summed E-state index contributed by atoms with van der Waals surface area (Å²) in [6.45, 7) is 2.03. The topological polar surface area (TPSA) is 585 Å². The molecule has 30 saturated carbocycles. The number of aliphatic carboxylic acids is 7. The van der Waals surface area contributed by atoms with Gasteiger partial charge in [-0.1, -0.05) is 6.92 Å². The molecule has 30 fully saturated rings. The third kappa shape index (κ3) is 30.2. The van der Waals surface area contributed by atoms with Crippen LogP contribution in [0.15, 0.2) is 0 Å². The van der Waals surface area contributed by atoms with Crippen molar-refractivity contribution in [3.63, 3.8) is 0 Å². The Balaban J connectivity index is 1.11. The van der Waals surface area contributed by atoms with Crippen LogP contribution in [0.25, 0.3) is 0 Å². The number of aliphatic hydroxyl groups excluding tert-OH is 16. The first kappa shape index (κ1) is 108. The second kappa shape index (κ2) is 52.7. The molecule has 0 aromatic heterocycles. The van der Waals surface area contributed by atoms with E-state index in [1.165, 1.54) is 82.3 Å². The Bertz CT molecular complexity index is 3190. The zero-order valence-electron chi connectivity index (χ0n) is 72.3. The summed E-state index contributed by atoms with van der Waals surface area (Å²) in [5.41, 5.74) is 0. The number of hydrogen-bond donors (Lipinski definition) is 23. The van der Waals surface area contributed by atoms with Crippen molar-refractivity contribution in [1.29, 1.82) is 0 Å². The average Bonchev–Trinajstić information content (AvgIpc) is 0.769. The third-order valence-corrected chi connectivity index (χ3v) is 40.1. The molecule has 0 heterocycles. The van der Waals surface area contributed by atoms with Gasteiger partial charge in [-0.15, -0.1) is 0 Å². The van der Waals surface area contributed by atoms with Crippen LogP contribution in [0.5, 0.6) is 0 Å².